The fourth-order valence-corrected chi connectivity index (χ4v) is 4.24. The lowest BCUT2D eigenvalue weighted by atomic mass is 10.0. The number of anilines is 2. The Balaban J connectivity index is 1.90. The van der Waals surface area contributed by atoms with E-state index < -0.39 is 10.0 Å². The fourth-order valence-electron chi connectivity index (χ4n) is 3.05. The Morgan fingerprint density at radius 1 is 1.20 bits per heavy atom. The monoisotopic (exact) mass is 358 g/mol. The van der Waals surface area contributed by atoms with Crippen molar-refractivity contribution in [3.63, 3.8) is 0 Å². The fraction of sp³-hybridized carbons (Fsp3) is 0.316. The van der Waals surface area contributed by atoms with E-state index in [4.69, 9.17) is 0 Å². The minimum absolute atomic E-state index is 0.0618. The van der Waals surface area contributed by atoms with Crippen molar-refractivity contribution >= 4 is 27.3 Å². The highest BCUT2D eigenvalue weighted by atomic mass is 32.2. The van der Waals surface area contributed by atoms with E-state index in [2.05, 4.69) is 5.32 Å². The topological polar surface area (TPSA) is 66.5 Å². The third kappa shape index (κ3) is 3.69. The third-order valence-corrected chi connectivity index (χ3v) is 6.18. The van der Waals surface area contributed by atoms with Crippen LogP contribution in [0.5, 0.6) is 0 Å². The van der Waals surface area contributed by atoms with Gasteiger partial charge >= 0.3 is 0 Å². The number of benzene rings is 2. The smallest absolute Gasteiger partial charge is 0.255 e. The van der Waals surface area contributed by atoms with Crippen LogP contribution in [0, 0.1) is 6.92 Å². The van der Waals surface area contributed by atoms with Gasteiger partial charge in [0.05, 0.1) is 11.4 Å². The molecular formula is C19H22N2O3S. The molecule has 1 N–H and O–H groups in total. The third-order valence-electron chi connectivity index (χ3n) is 4.40. The van der Waals surface area contributed by atoms with Crippen LogP contribution in [0.15, 0.2) is 42.5 Å². The van der Waals surface area contributed by atoms with Crippen molar-refractivity contribution in [3.05, 3.63) is 59.2 Å². The van der Waals surface area contributed by atoms with E-state index in [1.165, 1.54) is 4.31 Å². The molecule has 25 heavy (non-hydrogen) atoms. The van der Waals surface area contributed by atoms with E-state index in [1.807, 2.05) is 37.3 Å². The molecule has 1 aliphatic rings. The molecule has 0 radical (unpaired) electrons. The maximum atomic E-state index is 12.4. The average Bonchev–Trinajstić information content (AvgIpc) is 2.61. The Kier molecular flexibility index (Phi) is 4.81. The number of sulfonamides is 1. The van der Waals surface area contributed by atoms with E-state index in [1.54, 1.807) is 19.1 Å². The Hall–Kier alpha value is -2.34. The van der Waals surface area contributed by atoms with E-state index >= 15 is 0 Å². The first-order valence-corrected chi connectivity index (χ1v) is 10.0. The van der Waals surface area contributed by atoms with Crippen molar-refractivity contribution in [3.8, 4) is 0 Å². The van der Waals surface area contributed by atoms with Gasteiger partial charge in [0.15, 0.2) is 0 Å². The van der Waals surface area contributed by atoms with Gasteiger partial charge < -0.3 is 5.32 Å². The number of amides is 1. The molecule has 0 aromatic heterocycles. The zero-order valence-corrected chi connectivity index (χ0v) is 15.3. The summed E-state index contributed by atoms with van der Waals surface area (Å²) >= 11 is 0. The molecule has 6 heteroatoms. The van der Waals surface area contributed by atoms with Gasteiger partial charge in [-0.25, -0.2) is 8.42 Å². The first-order valence-electron chi connectivity index (χ1n) is 8.42. The molecule has 0 bridgehead atoms. The Bertz CT molecular complexity index is 907. The summed E-state index contributed by atoms with van der Waals surface area (Å²) in [7, 11) is -3.32. The van der Waals surface area contributed by atoms with Gasteiger partial charge in [-0.2, -0.15) is 0 Å². The standard InChI is InChI=1S/C19H22N2O3S/c1-3-25(23,24)21-11-5-8-15-9-10-17(13-18(15)21)20-19(22)16-7-4-6-14(2)12-16/h4,6-7,9-10,12-13H,3,5,8,11H2,1-2H3,(H,20,22). The molecule has 1 amide bonds. The molecular weight excluding hydrogens is 336 g/mol. The molecule has 2 aromatic carbocycles. The maximum Gasteiger partial charge on any atom is 0.255 e. The first-order chi connectivity index (χ1) is 11.9. The van der Waals surface area contributed by atoms with Crippen LogP contribution in [-0.4, -0.2) is 26.6 Å². The van der Waals surface area contributed by atoms with Gasteiger partial charge in [-0.1, -0.05) is 23.8 Å². The van der Waals surface area contributed by atoms with Crippen molar-refractivity contribution in [1.82, 2.24) is 0 Å². The van der Waals surface area contributed by atoms with Gasteiger partial charge in [0.1, 0.15) is 0 Å². The molecule has 0 spiro atoms. The van der Waals surface area contributed by atoms with E-state index in [0.29, 0.717) is 23.5 Å². The number of carbonyl (C=O) groups excluding carboxylic acids is 1. The van der Waals surface area contributed by atoms with Gasteiger partial charge in [-0.15, -0.1) is 0 Å². The molecule has 0 fully saturated rings. The summed E-state index contributed by atoms with van der Waals surface area (Å²) in [5, 5.41) is 2.87. The highest BCUT2D eigenvalue weighted by Crippen LogP contribution is 2.32. The predicted octanol–water partition coefficient (Wildman–Crippen LogP) is 3.35. The first kappa shape index (κ1) is 17.5. The molecule has 0 aliphatic carbocycles. The average molecular weight is 358 g/mol. The summed E-state index contributed by atoms with van der Waals surface area (Å²) < 4.78 is 26.2. The molecule has 132 valence electrons. The number of carbonyl (C=O) groups is 1. The quantitative estimate of drug-likeness (QED) is 0.911. The molecule has 5 nitrogen and oxygen atoms in total. The minimum Gasteiger partial charge on any atom is -0.322 e. The molecule has 0 unspecified atom stereocenters. The molecule has 2 aromatic rings. The van der Waals surface area contributed by atoms with Crippen LogP contribution in [0.4, 0.5) is 11.4 Å². The second-order valence-electron chi connectivity index (χ2n) is 6.24. The van der Waals surface area contributed by atoms with Crippen molar-refractivity contribution in [1.29, 1.82) is 0 Å². The summed E-state index contributed by atoms with van der Waals surface area (Å²) in [5.74, 6) is -0.142. The number of nitrogens with zero attached hydrogens (tertiary/aromatic N) is 1. The van der Waals surface area contributed by atoms with E-state index in [0.717, 1.165) is 24.0 Å². The molecule has 0 atom stereocenters. The maximum absolute atomic E-state index is 12.4. The number of fused-ring (bicyclic) bond motifs is 1. The van der Waals surface area contributed by atoms with Crippen molar-refractivity contribution in [2.24, 2.45) is 0 Å². The lowest BCUT2D eigenvalue weighted by Gasteiger charge is -2.30. The molecule has 1 heterocycles. The van der Waals surface area contributed by atoms with Crippen molar-refractivity contribution in [2.45, 2.75) is 26.7 Å². The lowest BCUT2D eigenvalue weighted by Crippen LogP contribution is -2.36. The summed E-state index contributed by atoms with van der Waals surface area (Å²) in [6, 6.07) is 12.8. The number of hydrogen-bond donors (Lipinski definition) is 1. The van der Waals surface area contributed by atoms with Gasteiger partial charge in [0, 0.05) is 17.8 Å². The number of aryl methyl sites for hydroxylation is 2. The van der Waals surface area contributed by atoms with Gasteiger partial charge in [0.25, 0.3) is 5.91 Å². The molecule has 0 saturated carbocycles. The van der Waals surface area contributed by atoms with Crippen LogP contribution in [-0.2, 0) is 16.4 Å². The second kappa shape index (κ2) is 6.88. The highest BCUT2D eigenvalue weighted by Gasteiger charge is 2.26. The van der Waals surface area contributed by atoms with Crippen LogP contribution >= 0.6 is 0 Å². The van der Waals surface area contributed by atoms with Crippen LogP contribution in [0.1, 0.15) is 34.8 Å². The van der Waals surface area contributed by atoms with Crippen LogP contribution < -0.4 is 9.62 Å². The van der Waals surface area contributed by atoms with E-state index in [9.17, 15) is 13.2 Å². The van der Waals surface area contributed by atoms with Crippen molar-refractivity contribution < 1.29 is 13.2 Å². The van der Waals surface area contributed by atoms with Gasteiger partial charge in [-0.3, -0.25) is 9.10 Å². The lowest BCUT2D eigenvalue weighted by molar-refractivity contribution is 0.102. The zero-order chi connectivity index (χ0) is 18.0. The normalized spacial score (nSPS) is 14.1. The second-order valence-corrected chi connectivity index (χ2v) is 8.43. The SMILES string of the molecule is CCS(=O)(=O)N1CCCc2ccc(NC(=O)c3cccc(C)c3)cc21. The summed E-state index contributed by atoms with van der Waals surface area (Å²) in [5.41, 5.74) is 3.87. The largest absolute Gasteiger partial charge is 0.322 e. The van der Waals surface area contributed by atoms with Gasteiger partial charge in [0.2, 0.25) is 10.0 Å². The van der Waals surface area contributed by atoms with Crippen LogP contribution in [0.3, 0.4) is 0 Å². The molecule has 3 rings (SSSR count). The van der Waals surface area contributed by atoms with Crippen LogP contribution in [0.2, 0.25) is 0 Å². The number of rotatable bonds is 4. The predicted molar refractivity (Wildman–Crippen MR) is 101 cm³/mol. The summed E-state index contributed by atoms with van der Waals surface area (Å²) in [6.45, 7) is 4.06. The van der Waals surface area contributed by atoms with Crippen LogP contribution in [0.25, 0.3) is 0 Å². The molecule has 1 aliphatic heterocycles. The Labute approximate surface area is 148 Å². The van der Waals surface area contributed by atoms with Crippen molar-refractivity contribution in [2.75, 3.05) is 21.9 Å². The highest BCUT2D eigenvalue weighted by molar-refractivity contribution is 7.92. The summed E-state index contributed by atoms with van der Waals surface area (Å²) in [6.07, 6.45) is 1.65. The van der Waals surface area contributed by atoms with E-state index in [-0.39, 0.29) is 11.7 Å². The summed E-state index contributed by atoms with van der Waals surface area (Å²) in [4.78, 5) is 12.4. The van der Waals surface area contributed by atoms with Gasteiger partial charge in [-0.05, 0) is 56.5 Å². The molecule has 0 saturated heterocycles. The Morgan fingerprint density at radius 2 is 2.00 bits per heavy atom. The minimum atomic E-state index is -3.32. The Morgan fingerprint density at radius 3 is 2.72 bits per heavy atom. The zero-order valence-electron chi connectivity index (χ0n) is 14.5. The number of hydrogen-bond acceptors (Lipinski definition) is 3. The number of nitrogens with one attached hydrogen (secondary N) is 1.